The molecule has 1 atom stereocenters. The van der Waals surface area contributed by atoms with E-state index in [9.17, 15) is 18.0 Å². The van der Waals surface area contributed by atoms with Crippen LogP contribution in [-0.4, -0.2) is 54.4 Å². The third-order valence-corrected chi connectivity index (χ3v) is 4.75. The van der Waals surface area contributed by atoms with Gasteiger partial charge >= 0.3 is 5.97 Å². The standard InChI is InChI=1S/C11H13NO6S/c1-7-6-19(16,17)5-4-12(7)10(13)8-2-3-9(18-8)11(14)15/h2-3,7H,4-6H2,1H3,(H,14,15). The van der Waals surface area contributed by atoms with E-state index in [0.717, 1.165) is 0 Å². The van der Waals surface area contributed by atoms with E-state index in [1.165, 1.54) is 17.0 Å². The summed E-state index contributed by atoms with van der Waals surface area (Å²) in [5, 5.41) is 8.71. The van der Waals surface area contributed by atoms with Gasteiger partial charge in [0.05, 0.1) is 11.5 Å². The number of nitrogens with zero attached hydrogens (tertiary/aromatic N) is 1. The van der Waals surface area contributed by atoms with Crippen LogP contribution < -0.4 is 0 Å². The van der Waals surface area contributed by atoms with Gasteiger partial charge in [-0.2, -0.15) is 0 Å². The predicted octanol–water partition coefficient (Wildman–Crippen LogP) is 0.237. The van der Waals surface area contributed by atoms with Crippen LogP contribution in [0.15, 0.2) is 16.5 Å². The second kappa shape index (κ2) is 4.69. The maximum atomic E-state index is 12.1. The number of carboxylic acid groups (broad SMARTS) is 1. The van der Waals surface area contributed by atoms with Crippen LogP contribution in [-0.2, 0) is 9.84 Å². The maximum Gasteiger partial charge on any atom is 0.371 e. The Morgan fingerprint density at radius 1 is 1.37 bits per heavy atom. The highest BCUT2D eigenvalue weighted by atomic mass is 32.2. The molecule has 0 aromatic carbocycles. The number of rotatable bonds is 2. The van der Waals surface area contributed by atoms with Gasteiger partial charge in [0.15, 0.2) is 15.6 Å². The van der Waals surface area contributed by atoms with Crippen molar-refractivity contribution in [3.8, 4) is 0 Å². The van der Waals surface area contributed by atoms with Crippen molar-refractivity contribution in [3.05, 3.63) is 23.7 Å². The number of furan rings is 1. The molecule has 104 valence electrons. The van der Waals surface area contributed by atoms with Gasteiger partial charge in [-0.3, -0.25) is 4.79 Å². The topological polar surface area (TPSA) is 105 Å². The molecule has 1 saturated heterocycles. The predicted molar refractivity (Wildman–Crippen MR) is 64.8 cm³/mol. The van der Waals surface area contributed by atoms with Crippen LogP contribution in [0.5, 0.6) is 0 Å². The summed E-state index contributed by atoms with van der Waals surface area (Å²) in [5.41, 5.74) is 0. The molecule has 1 aromatic heterocycles. The molecule has 2 heterocycles. The lowest BCUT2D eigenvalue weighted by atomic mass is 10.2. The molecule has 1 N–H and O–H groups in total. The monoisotopic (exact) mass is 287 g/mol. The summed E-state index contributed by atoms with van der Waals surface area (Å²) < 4.78 is 27.8. The van der Waals surface area contributed by atoms with E-state index < -0.39 is 27.8 Å². The Morgan fingerprint density at radius 2 is 2.00 bits per heavy atom. The number of sulfone groups is 1. The van der Waals surface area contributed by atoms with Crippen molar-refractivity contribution in [1.29, 1.82) is 0 Å². The number of carboxylic acids is 1. The molecule has 1 unspecified atom stereocenters. The first-order chi connectivity index (χ1) is 8.80. The largest absolute Gasteiger partial charge is 0.475 e. The molecule has 1 fully saturated rings. The van der Waals surface area contributed by atoms with E-state index in [0.29, 0.717) is 0 Å². The zero-order chi connectivity index (χ0) is 14.2. The molecule has 19 heavy (non-hydrogen) atoms. The van der Waals surface area contributed by atoms with Crippen LogP contribution in [0.3, 0.4) is 0 Å². The zero-order valence-electron chi connectivity index (χ0n) is 10.2. The molecule has 1 aromatic rings. The average Bonchev–Trinajstić information content (AvgIpc) is 2.76. The molecule has 0 spiro atoms. The number of hydrogen-bond donors (Lipinski definition) is 1. The van der Waals surface area contributed by atoms with Gasteiger partial charge in [0.2, 0.25) is 5.76 Å². The lowest BCUT2D eigenvalue weighted by Crippen LogP contribution is -2.49. The minimum Gasteiger partial charge on any atom is -0.475 e. The van der Waals surface area contributed by atoms with Crippen LogP contribution >= 0.6 is 0 Å². The van der Waals surface area contributed by atoms with Crippen molar-refractivity contribution in [1.82, 2.24) is 4.90 Å². The molecule has 7 nitrogen and oxygen atoms in total. The molecule has 0 radical (unpaired) electrons. The maximum absolute atomic E-state index is 12.1. The second-order valence-electron chi connectivity index (χ2n) is 4.43. The van der Waals surface area contributed by atoms with E-state index in [1.54, 1.807) is 6.92 Å². The first-order valence-electron chi connectivity index (χ1n) is 5.65. The van der Waals surface area contributed by atoms with Crippen molar-refractivity contribution < 1.29 is 27.5 Å². The quantitative estimate of drug-likeness (QED) is 0.835. The first kappa shape index (κ1) is 13.6. The third-order valence-electron chi connectivity index (χ3n) is 2.96. The van der Waals surface area contributed by atoms with Crippen LogP contribution in [0.1, 0.15) is 28.0 Å². The molecule has 2 rings (SSSR count). The van der Waals surface area contributed by atoms with Gasteiger partial charge in [-0.1, -0.05) is 0 Å². The Balaban J connectivity index is 2.17. The summed E-state index contributed by atoms with van der Waals surface area (Å²) in [6.45, 7) is 1.72. The highest BCUT2D eigenvalue weighted by Crippen LogP contribution is 2.17. The van der Waals surface area contributed by atoms with Gasteiger partial charge in [-0.15, -0.1) is 0 Å². The highest BCUT2D eigenvalue weighted by molar-refractivity contribution is 7.91. The second-order valence-corrected chi connectivity index (χ2v) is 6.66. The average molecular weight is 287 g/mol. The minimum absolute atomic E-state index is 0.0877. The lowest BCUT2D eigenvalue weighted by molar-refractivity contribution is 0.0639. The first-order valence-corrected chi connectivity index (χ1v) is 7.47. The smallest absolute Gasteiger partial charge is 0.371 e. The fourth-order valence-electron chi connectivity index (χ4n) is 2.01. The van der Waals surface area contributed by atoms with Gasteiger partial charge in [0, 0.05) is 12.6 Å². The van der Waals surface area contributed by atoms with Crippen molar-refractivity contribution >= 4 is 21.7 Å². The Kier molecular flexibility index (Phi) is 3.36. The fraction of sp³-hybridized carbons (Fsp3) is 0.455. The van der Waals surface area contributed by atoms with Crippen molar-refractivity contribution in [2.75, 3.05) is 18.1 Å². The van der Waals surface area contributed by atoms with Crippen molar-refractivity contribution in [2.24, 2.45) is 0 Å². The molecular weight excluding hydrogens is 274 g/mol. The third kappa shape index (κ3) is 2.78. The molecule has 1 amide bonds. The number of amides is 1. The van der Waals surface area contributed by atoms with Gasteiger partial charge in [-0.25, -0.2) is 13.2 Å². The summed E-state index contributed by atoms with van der Waals surface area (Å²) >= 11 is 0. The Labute approximate surface area is 109 Å². The van der Waals surface area contributed by atoms with Gasteiger partial charge in [0.25, 0.3) is 5.91 Å². The molecule has 8 heteroatoms. The highest BCUT2D eigenvalue weighted by Gasteiger charge is 2.33. The van der Waals surface area contributed by atoms with Crippen LogP contribution in [0, 0.1) is 0 Å². The summed E-state index contributed by atoms with van der Waals surface area (Å²) in [4.78, 5) is 24.1. The summed E-state index contributed by atoms with van der Waals surface area (Å²) in [5.74, 6) is -2.34. The Hall–Kier alpha value is -1.83. The number of aromatic carboxylic acids is 1. The number of carbonyl (C=O) groups is 2. The molecule has 1 aliphatic heterocycles. The number of hydrogen-bond acceptors (Lipinski definition) is 5. The van der Waals surface area contributed by atoms with E-state index in [4.69, 9.17) is 9.52 Å². The Morgan fingerprint density at radius 3 is 2.53 bits per heavy atom. The number of carbonyl (C=O) groups excluding carboxylic acids is 1. The van der Waals surface area contributed by atoms with Crippen molar-refractivity contribution in [2.45, 2.75) is 13.0 Å². The lowest BCUT2D eigenvalue weighted by Gasteiger charge is -2.32. The molecule has 1 aliphatic rings. The SMILES string of the molecule is CC1CS(=O)(=O)CCN1C(=O)c1ccc(C(=O)O)o1. The van der Waals surface area contributed by atoms with E-state index >= 15 is 0 Å². The summed E-state index contributed by atoms with van der Waals surface area (Å²) in [6.07, 6.45) is 0. The summed E-state index contributed by atoms with van der Waals surface area (Å²) in [7, 11) is -3.11. The Bertz CT molecular complexity index is 617. The van der Waals surface area contributed by atoms with Crippen LogP contribution in [0.4, 0.5) is 0 Å². The minimum atomic E-state index is -3.11. The van der Waals surface area contributed by atoms with Crippen LogP contribution in [0.25, 0.3) is 0 Å². The van der Waals surface area contributed by atoms with Gasteiger partial charge in [0.1, 0.15) is 0 Å². The van der Waals surface area contributed by atoms with E-state index in [-0.39, 0.29) is 29.6 Å². The summed E-state index contributed by atoms with van der Waals surface area (Å²) in [6, 6.07) is 2.02. The normalized spacial score (nSPS) is 22.2. The van der Waals surface area contributed by atoms with E-state index in [2.05, 4.69) is 0 Å². The fourth-order valence-corrected chi connectivity index (χ4v) is 3.57. The van der Waals surface area contributed by atoms with Gasteiger partial charge < -0.3 is 14.4 Å². The zero-order valence-corrected chi connectivity index (χ0v) is 11.0. The molecule has 0 saturated carbocycles. The molecule has 0 bridgehead atoms. The molecule has 0 aliphatic carbocycles. The van der Waals surface area contributed by atoms with E-state index in [1.807, 2.05) is 0 Å². The van der Waals surface area contributed by atoms with Gasteiger partial charge in [-0.05, 0) is 19.1 Å². The van der Waals surface area contributed by atoms with Crippen molar-refractivity contribution in [3.63, 3.8) is 0 Å². The van der Waals surface area contributed by atoms with Crippen LogP contribution in [0.2, 0.25) is 0 Å². The molecular formula is C11H13NO6S.